The fourth-order valence-corrected chi connectivity index (χ4v) is 2.18. The van der Waals surface area contributed by atoms with E-state index in [9.17, 15) is 9.90 Å². The zero-order valence-corrected chi connectivity index (χ0v) is 10.4. The highest BCUT2D eigenvalue weighted by molar-refractivity contribution is 5.96. The van der Waals surface area contributed by atoms with Crippen molar-refractivity contribution >= 4 is 5.91 Å². The Morgan fingerprint density at radius 1 is 1.39 bits per heavy atom. The molecule has 2 N–H and O–H groups in total. The molecule has 1 fully saturated rings. The Bertz CT molecular complexity index is 403. The van der Waals surface area contributed by atoms with E-state index in [1.807, 2.05) is 0 Å². The van der Waals surface area contributed by atoms with Crippen LogP contribution in [0.25, 0.3) is 0 Å². The molecular weight excluding hydrogens is 230 g/mol. The Morgan fingerprint density at radius 3 is 2.89 bits per heavy atom. The first-order valence-corrected chi connectivity index (χ1v) is 6.41. The second kappa shape index (κ2) is 6.35. The quantitative estimate of drug-likeness (QED) is 0.835. The van der Waals surface area contributed by atoms with Gasteiger partial charge in [0.05, 0.1) is 11.8 Å². The molecule has 0 aliphatic carbocycles. The third-order valence-electron chi connectivity index (χ3n) is 3.21. The SMILES string of the molecule is O=C(NCCN1CCCCC1)c1ccncc1O. The smallest absolute Gasteiger partial charge is 0.255 e. The number of carbonyl (C=O) groups excluding carboxylic acids is 1. The van der Waals surface area contributed by atoms with Gasteiger partial charge in [-0.05, 0) is 32.0 Å². The van der Waals surface area contributed by atoms with Crippen LogP contribution in [0.3, 0.4) is 0 Å². The summed E-state index contributed by atoms with van der Waals surface area (Å²) >= 11 is 0. The van der Waals surface area contributed by atoms with Crippen LogP contribution < -0.4 is 5.32 Å². The summed E-state index contributed by atoms with van der Waals surface area (Å²) in [6.45, 7) is 3.73. The van der Waals surface area contributed by atoms with E-state index in [-0.39, 0.29) is 17.2 Å². The number of aromatic hydroxyl groups is 1. The number of aromatic nitrogens is 1. The first kappa shape index (κ1) is 12.8. The van der Waals surface area contributed by atoms with Crippen LogP contribution in [0.5, 0.6) is 5.75 Å². The highest BCUT2D eigenvalue weighted by Gasteiger charge is 2.12. The number of hydrogen-bond acceptors (Lipinski definition) is 4. The molecule has 0 aromatic carbocycles. The number of amides is 1. The van der Waals surface area contributed by atoms with Crippen molar-refractivity contribution in [1.29, 1.82) is 0 Å². The molecule has 1 aromatic rings. The molecule has 2 heterocycles. The van der Waals surface area contributed by atoms with Crippen molar-refractivity contribution in [2.75, 3.05) is 26.2 Å². The van der Waals surface area contributed by atoms with Crippen molar-refractivity contribution in [3.8, 4) is 5.75 Å². The van der Waals surface area contributed by atoms with E-state index in [0.717, 1.165) is 19.6 Å². The Kier molecular flexibility index (Phi) is 4.52. The second-order valence-electron chi connectivity index (χ2n) is 4.55. The van der Waals surface area contributed by atoms with E-state index in [4.69, 9.17) is 0 Å². The minimum atomic E-state index is -0.244. The Balaban J connectivity index is 1.76. The number of pyridine rings is 1. The Hall–Kier alpha value is -1.62. The third kappa shape index (κ3) is 3.43. The number of nitrogens with zero attached hydrogens (tertiary/aromatic N) is 2. The fraction of sp³-hybridized carbons (Fsp3) is 0.538. The van der Waals surface area contributed by atoms with Crippen molar-refractivity contribution in [3.63, 3.8) is 0 Å². The van der Waals surface area contributed by atoms with Crippen molar-refractivity contribution in [1.82, 2.24) is 15.2 Å². The molecule has 5 heteroatoms. The number of hydrogen-bond donors (Lipinski definition) is 2. The molecule has 1 saturated heterocycles. The summed E-state index contributed by atoms with van der Waals surface area (Å²) in [5.41, 5.74) is 0.281. The number of piperidine rings is 1. The summed E-state index contributed by atoms with van der Waals surface area (Å²) in [5.74, 6) is -0.320. The molecule has 0 unspecified atom stereocenters. The molecule has 0 spiro atoms. The first-order chi connectivity index (χ1) is 8.77. The van der Waals surface area contributed by atoms with Crippen LogP contribution in [0, 0.1) is 0 Å². The summed E-state index contributed by atoms with van der Waals surface area (Å²) in [5, 5.41) is 12.3. The minimum absolute atomic E-state index is 0.0760. The fourth-order valence-electron chi connectivity index (χ4n) is 2.18. The molecule has 18 heavy (non-hydrogen) atoms. The van der Waals surface area contributed by atoms with Crippen molar-refractivity contribution < 1.29 is 9.90 Å². The summed E-state index contributed by atoms with van der Waals surface area (Å²) < 4.78 is 0. The summed E-state index contributed by atoms with van der Waals surface area (Å²) in [6, 6.07) is 1.52. The predicted octanol–water partition coefficient (Wildman–Crippen LogP) is 1.00. The molecule has 1 aliphatic rings. The maximum atomic E-state index is 11.8. The van der Waals surface area contributed by atoms with Gasteiger partial charge >= 0.3 is 0 Å². The van der Waals surface area contributed by atoms with Crippen LogP contribution in [0.4, 0.5) is 0 Å². The van der Waals surface area contributed by atoms with Gasteiger partial charge in [0.15, 0.2) is 0 Å². The predicted molar refractivity (Wildman–Crippen MR) is 68.5 cm³/mol. The molecule has 5 nitrogen and oxygen atoms in total. The number of nitrogens with one attached hydrogen (secondary N) is 1. The lowest BCUT2D eigenvalue weighted by Gasteiger charge is -2.26. The molecule has 0 saturated carbocycles. The average molecular weight is 249 g/mol. The van der Waals surface area contributed by atoms with Crippen LogP contribution in [0.1, 0.15) is 29.6 Å². The standard InChI is InChI=1S/C13H19N3O2/c17-12-10-14-5-4-11(12)13(18)15-6-9-16-7-2-1-3-8-16/h4-5,10,17H,1-3,6-9H2,(H,15,18). The lowest BCUT2D eigenvalue weighted by molar-refractivity contribution is 0.0944. The number of likely N-dealkylation sites (tertiary alicyclic amines) is 1. The van der Waals surface area contributed by atoms with Crippen LogP contribution in [-0.2, 0) is 0 Å². The normalized spacial score (nSPS) is 16.4. The van der Waals surface area contributed by atoms with Gasteiger partial charge in [-0.25, -0.2) is 0 Å². The van der Waals surface area contributed by atoms with E-state index < -0.39 is 0 Å². The second-order valence-corrected chi connectivity index (χ2v) is 4.55. The van der Waals surface area contributed by atoms with Crippen molar-refractivity contribution in [2.24, 2.45) is 0 Å². The van der Waals surface area contributed by atoms with Gasteiger partial charge in [0, 0.05) is 19.3 Å². The molecule has 0 bridgehead atoms. The molecule has 1 aromatic heterocycles. The lowest BCUT2D eigenvalue weighted by atomic mass is 10.1. The van der Waals surface area contributed by atoms with Crippen LogP contribution in [-0.4, -0.2) is 47.1 Å². The van der Waals surface area contributed by atoms with Crippen LogP contribution in [0.2, 0.25) is 0 Å². The maximum Gasteiger partial charge on any atom is 0.255 e. The average Bonchev–Trinajstić information content (AvgIpc) is 2.40. The molecule has 0 atom stereocenters. The van der Waals surface area contributed by atoms with Gasteiger partial charge in [-0.2, -0.15) is 0 Å². The minimum Gasteiger partial charge on any atom is -0.505 e. The Labute approximate surface area is 107 Å². The molecule has 98 valence electrons. The first-order valence-electron chi connectivity index (χ1n) is 6.41. The van der Waals surface area contributed by atoms with Gasteiger partial charge in [0.25, 0.3) is 5.91 Å². The zero-order chi connectivity index (χ0) is 12.8. The lowest BCUT2D eigenvalue weighted by Crippen LogP contribution is -2.37. The van der Waals surface area contributed by atoms with Gasteiger partial charge in [0.2, 0.25) is 0 Å². The van der Waals surface area contributed by atoms with Gasteiger partial charge in [-0.15, -0.1) is 0 Å². The van der Waals surface area contributed by atoms with Gasteiger partial charge in [-0.1, -0.05) is 6.42 Å². The van der Waals surface area contributed by atoms with Gasteiger partial charge < -0.3 is 15.3 Å². The number of carbonyl (C=O) groups is 1. The third-order valence-corrected chi connectivity index (χ3v) is 3.21. The van der Waals surface area contributed by atoms with E-state index in [2.05, 4.69) is 15.2 Å². The summed E-state index contributed by atoms with van der Waals surface area (Å²) in [7, 11) is 0. The summed E-state index contributed by atoms with van der Waals surface area (Å²) in [4.78, 5) is 17.9. The highest BCUT2D eigenvalue weighted by atomic mass is 16.3. The van der Waals surface area contributed by atoms with Crippen molar-refractivity contribution in [3.05, 3.63) is 24.0 Å². The van der Waals surface area contributed by atoms with Gasteiger partial charge in [-0.3, -0.25) is 9.78 Å². The molecule has 1 aliphatic heterocycles. The largest absolute Gasteiger partial charge is 0.505 e. The highest BCUT2D eigenvalue weighted by Crippen LogP contribution is 2.13. The van der Waals surface area contributed by atoms with Crippen LogP contribution in [0.15, 0.2) is 18.5 Å². The monoisotopic (exact) mass is 249 g/mol. The molecule has 2 rings (SSSR count). The van der Waals surface area contributed by atoms with Gasteiger partial charge in [0.1, 0.15) is 5.75 Å². The van der Waals surface area contributed by atoms with Crippen molar-refractivity contribution in [2.45, 2.75) is 19.3 Å². The zero-order valence-electron chi connectivity index (χ0n) is 10.4. The van der Waals surface area contributed by atoms with E-state index in [1.54, 1.807) is 0 Å². The molecule has 0 radical (unpaired) electrons. The van der Waals surface area contributed by atoms with E-state index in [0.29, 0.717) is 6.54 Å². The maximum absolute atomic E-state index is 11.8. The topological polar surface area (TPSA) is 65.5 Å². The molecular formula is C13H19N3O2. The summed E-state index contributed by atoms with van der Waals surface area (Å²) in [6.07, 6.45) is 6.59. The van der Waals surface area contributed by atoms with E-state index >= 15 is 0 Å². The number of rotatable bonds is 4. The van der Waals surface area contributed by atoms with E-state index in [1.165, 1.54) is 37.7 Å². The Morgan fingerprint density at radius 2 is 2.17 bits per heavy atom. The van der Waals surface area contributed by atoms with Crippen LogP contribution >= 0.6 is 0 Å². The molecule has 1 amide bonds.